The zero-order valence-electron chi connectivity index (χ0n) is 9.61. The molecule has 0 aliphatic rings. The van der Waals surface area contributed by atoms with E-state index in [9.17, 15) is 4.79 Å². The summed E-state index contributed by atoms with van der Waals surface area (Å²) >= 11 is 0. The molecule has 2 aromatic rings. The van der Waals surface area contributed by atoms with Crippen LogP contribution in [0.2, 0.25) is 0 Å². The Morgan fingerprint density at radius 2 is 1.89 bits per heavy atom. The van der Waals surface area contributed by atoms with Crippen molar-refractivity contribution in [1.29, 1.82) is 0 Å². The van der Waals surface area contributed by atoms with Gasteiger partial charge in [-0.1, -0.05) is 12.1 Å². The summed E-state index contributed by atoms with van der Waals surface area (Å²) in [5.41, 5.74) is 11.4. The fraction of sp³-hybridized carbons (Fsp3) is 0.0769. The number of rotatable bonds is 4. The summed E-state index contributed by atoms with van der Waals surface area (Å²) in [6.07, 6.45) is 3.28. The quantitative estimate of drug-likeness (QED) is 0.848. The summed E-state index contributed by atoms with van der Waals surface area (Å²) in [4.78, 5) is 14.9. The Balaban J connectivity index is 2.11. The highest BCUT2D eigenvalue weighted by atomic mass is 16.5. The number of ether oxygens (including phenoxy) is 1. The lowest BCUT2D eigenvalue weighted by Gasteiger charge is -2.09. The van der Waals surface area contributed by atoms with E-state index in [1.54, 1.807) is 48.8 Å². The Kier molecular flexibility index (Phi) is 3.54. The van der Waals surface area contributed by atoms with Gasteiger partial charge < -0.3 is 16.2 Å². The number of amides is 1. The van der Waals surface area contributed by atoms with Gasteiger partial charge in [0.1, 0.15) is 17.5 Å². The van der Waals surface area contributed by atoms with Crippen LogP contribution in [-0.4, -0.2) is 10.9 Å². The van der Waals surface area contributed by atoms with E-state index in [0.29, 0.717) is 17.1 Å². The van der Waals surface area contributed by atoms with Crippen LogP contribution in [0, 0.1) is 0 Å². The van der Waals surface area contributed by atoms with Crippen LogP contribution >= 0.6 is 0 Å². The van der Waals surface area contributed by atoms with Gasteiger partial charge in [0.2, 0.25) is 5.91 Å². The molecule has 5 nitrogen and oxygen atoms in total. The molecule has 18 heavy (non-hydrogen) atoms. The fourth-order valence-corrected chi connectivity index (χ4v) is 1.45. The number of nitrogens with zero attached hydrogens (tertiary/aromatic N) is 1. The first-order valence-electron chi connectivity index (χ1n) is 5.39. The van der Waals surface area contributed by atoms with Crippen LogP contribution in [0.3, 0.4) is 0 Å². The second kappa shape index (κ2) is 5.29. The molecule has 2 rings (SSSR count). The van der Waals surface area contributed by atoms with Gasteiger partial charge in [-0.05, 0) is 29.8 Å². The molecule has 0 aliphatic carbocycles. The second-order valence-corrected chi connectivity index (χ2v) is 3.74. The van der Waals surface area contributed by atoms with Crippen molar-refractivity contribution in [2.24, 2.45) is 11.5 Å². The minimum Gasteiger partial charge on any atom is -0.456 e. The lowest BCUT2D eigenvalue weighted by Crippen LogP contribution is -2.28. The highest BCUT2D eigenvalue weighted by molar-refractivity contribution is 5.81. The Bertz CT molecular complexity index is 526. The standard InChI is InChI=1S/C13H13N3O2/c14-12(13(15)17)9-3-5-10(6-4-9)18-11-2-1-7-16-8-11/h1-8,12H,14H2,(H2,15,17). The molecule has 92 valence electrons. The van der Waals surface area contributed by atoms with Crippen molar-refractivity contribution in [2.45, 2.75) is 6.04 Å². The first-order valence-corrected chi connectivity index (χ1v) is 5.39. The van der Waals surface area contributed by atoms with E-state index in [1.165, 1.54) is 0 Å². The third-order valence-electron chi connectivity index (χ3n) is 2.42. The molecule has 0 fully saturated rings. The number of primary amides is 1. The van der Waals surface area contributed by atoms with Gasteiger partial charge in [-0.2, -0.15) is 0 Å². The molecule has 1 atom stereocenters. The maximum absolute atomic E-state index is 10.9. The number of pyridine rings is 1. The summed E-state index contributed by atoms with van der Waals surface area (Å²) in [5, 5.41) is 0. The lowest BCUT2D eigenvalue weighted by molar-refractivity contribution is -0.119. The summed E-state index contributed by atoms with van der Waals surface area (Å²) in [6.45, 7) is 0. The third-order valence-corrected chi connectivity index (χ3v) is 2.42. The predicted octanol–water partition coefficient (Wildman–Crippen LogP) is 1.36. The third kappa shape index (κ3) is 2.83. The van der Waals surface area contributed by atoms with Crippen LogP contribution in [0.15, 0.2) is 48.8 Å². The van der Waals surface area contributed by atoms with Crippen molar-refractivity contribution in [1.82, 2.24) is 4.98 Å². The van der Waals surface area contributed by atoms with E-state index in [-0.39, 0.29) is 0 Å². The van der Waals surface area contributed by atoms with Gasteiger partial charge in [-0.15, -0.1) is 0 Å². The van der Waals surface area contributed by atoms with Gasteiger partial charge in [0.05, 0.1) is 6.20 Å². The van der Waals surface area contributed by atoms with Crippen molar-refractivity contribution < 1.29 is 9.53 Å². The molecule has 0 aliphatic heterocycles. The molecule has 0 saturated heterocycles. The summed E-state index contributed by atoms with van der Waals surface area (Å²) in [7, 11) is 0. The van der Waals surface area contributed by atoms with E-state index >= 15 is 0 Å². The molecule has 0 bridgehead atoms. The Hall–Kier alpha value is -2.40. The van der Waals surface area contributed by atoms with Crippen LogP contribution in [0.5, 0.6) is 11.5 Å². The van der Waals surface area contributed by atoms with Crippen LogP contribution in [0.1, 0.15) is 11.6 Å². The summed E-state index contributed by atoms with van der Waals surface area (Å²) in [6, 6.07) is 9.67. The molecule has 1 aromatic heterocycles. The van der Waals surface area contributed by atoms with Crippen molar-refractivity contribution in [3.05, 3.63) is 54.4 Å². The molecule has 0 saturated carbocycles. The van der Waals surface area contributed by atoms with Crippen LogP contribution in [-0.2, 0) is 4.79 Å². The Morgan fingerprint density at radius 3 is 2.44 bits per heavy atom. The van der Waals surface area contributed by atoms with Crippen LogP contribution in [0.4, 0.5) is 0 Å². The predicted molar refractivity (Wildman–Crippen MR) is 66.9 cm³/mol. The van der Waals surface area contributed by atoms with Gasteiger partial charge in [-0.25, -0.2) is 0 Å². The second-order valence-electron chi connectivity index (χ2n) is 3.74. The van der Waals surface area contributed by atoms with Crippen molar-refractivity contribution in [3.63, 3.8) is 0 Å². The number of nitrogens with two attached hydrogens (primary N) is 2. The smallest absolute Gasteiger partial charge is 0.238 e. The van der Waals surface area contributed by atoms with Crippen molar-refractivity contribution in [2.75, 3.05) is 0 Å². The largest absolute Gasteiger partial charge is 0.456 e. The average Bonchev–Trinajstić information content (AvgIpc) is 2.40. The topological polar surface area (TPSA) is 91.2 Å². The maximum Gasteiger partial charge on any atom is 0.238 e. The molecule has 1 unspecified atom stereocenters. The van der Waals surface area contributed by atoms with E-state index in [1.807, 2.05) is 0 Å². The van der Waals surface area contributed by atoms with Gasteiger partial charge in [0.15, 0.2) is 0 Å². The number of carbonyl (C=O) groups is 1. The lowest BCUT2D eigenvalue weighted by atomic mass is 10.1. The molecule has 4 N–H and O–H groups in total. The van der Waals surface area contributed by atoms with Crippen molar-refractivity contribution in [3.8, 4) is 11.5 Å². The highest BCUT2D eigenvalue weighted by Gasteiger charge is 2.11. The fourth-order valence-electron chi connectivity index (χ4n) is 1.45. The summed E-state index contributed by atoms with van der Waals surface area (Å²) in [5.74, 6) is 0.726. The molecule has 1 amide bonds. The molecule has 5 heteroatoms. The van der Waals surface area contributed by atoms with Gasteiger partial charge in [0, 0.05) is 6.20 Å². The highest BCUT2D eigenvalue weighted by Crippen LogP contribution is 2.21. The number of hydrogen-bond acceptors (Lipinski definition) is 4. The molecule has 1 heterocycles. The number of hydrogen-bond donors (Lipinski definition) is 2. The average molecular weight is 243 g/mol. The van der Waals surface area contributed by atoms with E-state index in [0.717, 1.165) is 0 Å². The molecule has 0 spiro atoms. The zero-order valence-corrected chi connectivity index (χ0v) is 9.61. The van der Waals surface area contributed by atoms with Gasteiger partial charge >= 0.3 is 0 Å². The monoisotopic (exact) mass is 243 g/mol. The van der Waals surface area contributed by atoms with Gasteiger partial charge in [-0.3, -0.25) is 9.78 Å². The van der Waals surface area contributed by atoms with E-state index < -0.39 is 11.9 Å². The van der Waals surface area contributed by atoms with E-state index in [4.69, 9.17) is 16.2 Å². The van der Waals surface area contributed by atoms with Crippen LogP contribution in [0.25, 0.3) is 0 Å². The minimum absolute atomic E-state index is 0.559. The number of carbonyl (C=O) groups excluding carboxylic acids is 1. The molecule has 1 aromatic carbocycles. The zero-order chi connectivity index (χ0) is 13.0. The van der Waals surface area contributed by atoms with Gasteiger partial charge in [0.25, 0.3) is 0 Å². The SMILES string of the molecule is NC(=O)C(N)c1ccc(Oc2cccnc2)cc1. The Labute approximate surface area is 104 Å². The number of aromatic nitrogens is 1. The number of benzene rings is 1. The Morgan fingerprint density at radius 1 is 1.17 bits per heavy atom. The molecule has 0 radical (unpaired) electrons. The van der Waals surface area contributed by atoms with Crippen LogP contribution < -0.4 is 16.2 Å². The normalized spacial score (nSPS) is 11.8. The first kappa shape index (κ1) is 12.1. The summed E-state index contributed by atoms with van der Waals surface area (Å²) < 4.78 is 5.55. The first-order chi connectivity index (χ1) is 8.66. The minimum atomic E-state index is -0.794. The van der Waals surface area contributed by atoms with E-state index in [2.05, 4.69) is 4.98 Å². The maximum atomic E-state index is 10.9. The molecular weight excluding hydrogens is 230 g/mol. The molecular formula is C13H13N3O2. The van der Waals surface area contributed by atoms with Crippen molar-refractivity contribution >= 4 is 5.91 Å².